The van der Waals surface area contributed by atoms with Gasteiger partial charge in [0.05, 0.1) is 20.3 Å². The smallest absolute Gasteiger partial charge is 0.318 e. The van der Waals surface area contributed by atoms with E-state index in [0.717, 1.165) is 41.9 Å². The molecule has 1 aliphatic heterocycles. The summed E-state index contributed by atoms with van der Waals surface area (Å²) in [5.41, 5.74) is 1.94. The molecule has 2 aromatic rings. The molecular formula is C22H25FN2O3. The van der Waals surface area contributed by atoms with Crippen LogP contribution in [0, 0.1) is 5.82 Å². The molecule has 4 rings (SSSR count). The molecule has 1 saturated heterocycles. The molecule has 0 spiro atoms. The number of carbonyl (C=O) groups is 1. The molecule has 6 heteroatoms. The van der Waals surface area contributed by atoms with Crippen LogP contribution < -0.4 is 14.8 Å². The van der Waals surface area contributed by atoms with E-state index in [-0.39, 0.29) is 29.8 Å². The molecule has 2 fully saturated rings. The predicted octanol–water partition coefficient (Wildman–Crippen LogP) is 4.25. The second-order valence-corrected chi connectivity index (χ2v) is 7.41. The third kappa shape index (κ3) is 3.63. The molecule has 28 heavy (non-hydrogen) atoms. The van der Waals surface area contributed by atoms with Gasteiger partial charge in [-0.1, -0.05) is 12.1 Å². The quantitative estimate of drug-likeness (QED) is 0.839. The van der Waals surface area contributed by atoms with Crippen molar-refractivity contribution < 1.29 is 18.7 Å². The lowest BCUT2D eigenvalue weighted by Gasteiger charge is -2.27. The van der Waals surface area contributed by atoms with E-state index in [0.29, 0.717) is 6.54 Å². The van der Waals surface area contributed by atoms with Crippen molar-refractivity contribution in [3.63, 3.8) is 0 Å². The van der Waals surface area contributed by atoms with Crippen molar-refractivity contribution in [2.75, 3.05) is 20.8 Å². The molecule has 0 aromatic heterocycles. The molecule has 2 aromatic carbocycles. The Morgan fingerprint density at radius 1 is 1.18 bits per heavy atom. The highest BCUT2D eigenvalue weighted by Crippen LogP contribution is 2.42. The Morgan fingerprint density at radius 3 is 2.79 bits per heavy atom. The number of methoxy groups -OCH3 is 2. The van der Waals surface area contributed by atoms with Crippen molar-refractivity contribution in [3.8, 4) is 11.5 Å². The lowest BCUT2D eigenvalue weighted by atomic mass is 10.0. The monoisotopic (exact) mass is 384 g/mol. The fourth-order valence-corrected chi connectivity index (χ4v) is 4.13. The van der Waals surface area contributed by atoms with E-state index in [4.69, 9.17) is 9.47 Å². The summed E-state index contributed by atoms with van der Waals surface area (Å²) in [6.07, 6.45) is 2.69. The minimum absolute atomic E-state index is 0.0211. The lowest BCUT2D eigenvalue weighted by Crippen LogP contribution is -2.41. The summed E-state index contributed by atoms with van der Waals surface area (Å²) in [5.74, 6) is 1.41. The van der Waals surface area contributed by atoms with Gasteiger partial charge in [-0.3, -0.25) is 0 Å². The minimum Gasteiger partial charge on any atom is -0.497 e. The Kier molecular flexibility index (Phi) is 5.11. The largest absolute Gasteiger partial charge is 0.497 e. The first-order valence-corrected chi connectivity index (χ1v) is 9.65. The highest BCUT2D eigenvalue weighted by Gasteiger charge is 2.42. The maximum absolute atomic E-state index is 13.4. The Morgan fingerprint density at radius 2 is 2.04 bits per heavy atom. The zero-order valence-corrected chi connectivity index (χ0v) is 16.2. The van der Waals surface area contributed by atoms with Crippen molar-refractivity contribution in [2.24, 2.45) is 0 Å². The summed E-state index contributed by atoms with van der Waals surface area (Å²) in [4.78, 5) is 14.8. The van der Waals surface area contributed by atoms with E-state index >= 15 is 0 Å². The van der Waals surface area contributed by atoms with Gasteiger partial charge in [0.15, 0.2) is 0 Å². The molecule has 2 aliphatic rings. The molecule has 0 radical (unpaired) electrons. The molecule has 1 N–H and O–H groups in total. The van der Waals surface area contributed by atoms with Gasteiger partial charge in [0.1, 0.15) is 17.3 Å². The number of benzene rings is 2. The molecular weight excluding hydrogens is 359 g/mol. The standard InChI is InChI=1S/C22H25FN2O3/c1-27-16-8-9-17(21(12-16)28-2)20-7-4-10-25(20)22(26)24-19-13-18(19)14-5-3-6-15(23)11-14/h3,5-6,8-9,11-12,18-20H,4,7,10,13H2,1-2H3,(H,24,26). The SMILES string of the molecule is COc1ccc(C2CCCN2C(=O)NC2CC2c2cccc(F)c2)c(OC)c1. The van der Waals surface area contributed by atoms with Gasteiger partial charge < -0.3 is 19.7 Å². The van der Waals surface area contributed by atoms with Gasteiger partial charge in [-0.05, 0) is 49.1 Å². The van der Waals surface area contributed by atoms with Crippen molar-refractivity contribution in [2.45, 2.75) is 37.3 Å². The Hall–Kier alpha value is -2.76. The number of amides is 2. The van der Waals surface area contributed by atoms with Crippen LogP contribution in [0.25, 0.3) is 0 Å². The van der Waals surface area contributed by atoms with Crippen molar-refractivity contribution in [1.82, 2.24) is 10.2 Å². The van der Waals surface area contributed by atoms with E-state index in [1.54, 1.807) is 26.4 Å². The lowest BCUT2D eigenvalue weighted by molar-refractivity contribution is 0.191. The first-order valence-electron chi connectivity index (χ1n) is 9.65. The Labute approximate surface area is 164 Å². The number of rotatable bonds is 5. The molecule has 3 unspecified atom stereocenters. The fourth-order valence-electron chi connectivity index (χ4n) is 4.13. The Balaban J connectivity index is 1.45. The summed E-state index contributed by atoms with van der Waals surface area (Å²) < 4.78 is 24.2. The molecule has 1 heterocycles. The molecule has 1 aliphatic carbocycles. The van der Waals surface area contributed by atoms with Gasteiger partial charge in [-0.15, -0.1) is 0 Å². The van der Waals surface area contributed by atoms with Crippen LogP contribution >= 0.6 is 0 Å². The third-order valence-electron chi connectivity index (χ3n) is 5.69. The normalized spacial score (nSPS) is 23.4. The molecule has 5 nitrogen and oxygen atoms in total. The van der Waals surface area contributed by atoms with Crippen molar-refractivity contribution >= 4 is 6.03 Å². The predicted molar refractivity (Wildman–Crippen MR) is 104 cm³/mol. The molecule has 148 valence electrons. The number of likely N-dealkylation sites (tertiary alicyclic amines) is 1. The first-order chi connectivity index (χ1) is 13.6. The summed E-state index contributed by atoms with van der Waals surface area (Å²) >= 11 is 0. The van der Waals surface area contributed by atoms with Crippen LogP contribution in [0.3, 0.4) is 0 Å². The third-order valence-corrected chi connectivity index (χ3v) is 5.69. The first kappa shape index (κ1) is 18.6. The van der Waals surface area contributed by atoms with Gasteiger partial charge in [0, 0.05) is 30.1 Å². The van der Waals surface area contributed by atoms with Crippen molar-refractivity contribution in [1.29, 1.82) is 0 Å². The average Bonchev–Trinajstić information content (AvgIpc) is 3.30. The average molecular weight is 384 g/mol. The summed E-state index contributed by atoms with van der Waals surface area (Å²) in [6.45, 7) is 0.711. The highest BCUT2D eigenvalue weighted by atomic mass is 19.1. The maximum atomic E-state index is 13.4. The highest BCUT2D eigenvalue weighted by molar-refractivity contribution is 5.76. The van der Waals surface area contributed by atoms with E-state index in [1.807, 2.05) is 29.2 Å². The van der Waals surface area contributed by atoms with Gasteiger partial charge in [-0.2, -0.15) is 0 Å². The number of carbonyl (C=O) groups excluding carboxylic acids is 1. The zero-order chi connectivity index (χ0) is 19.7. The van der Waals surface area contributed by atoms with Crippen LogP contribution in [0.5, 0.6) is 11.5 Å². The number of nitrogens with zero attached hydrogens (tertiary/aromatic N) is 1. The molecule has 2 amide bonds. The van der Waals surface area contributed by atoms with Crippen molar-refractivity contribution in [3.05, 3.63) is 59.4 Å². The van der Waals surface area contributed by atoms with Gasteiger partial charge in [-0.25, -0.2) is 9.18 Å². The van der Waals surface area contributed by atoms with Crippen LogP contribution in [0.2, 0.25) is 0 Å². The Bertz CT molecular complexity index is 873. The van der Waals surface area contributed by atoms with Crippen LogP contribution in [0.1, 0.15) is 42.3 Å². The van der Waals surface area contributed by atoms with Gasteiger partial charge >= 0.3 is 6.03 Å². The van der Waals surface area contributed by atoms with Crippen LogP contribution in [-0.2, 0) is 0 Å². The van der Waals surface area contributed by atoms with Crippen LogP contribution in [0.15, 0.2) is 42.5 Å². The van der Waals surface area contributed by atoms with E-state index in [9.17, 15) is 9.18 Å². The van der Waals surface area contributed by atoms with E-state index < -0.39 is 0 Å². The number of halogens is 1. The maximum Gasteiger partial charge on any atom is 0.318 e. The van der Waals surface area contributed by atoms with E-state index in [1.165, 1.54) is 6.07 Å². The second-order valence-electron chi connectivity index (χ2n) is 7.41. The number of urea groups is 1. The van der Waals surface area contributed by atoms with Crippen LogP contribution in [-0.4, -0.2) is 37.7 Å². The summed E-state index contributed by atoms with van der Waals surface area (Å²) in [5, 5.41) is 3.12. The van der Waals surface area contributed by atoms with Gasteiger partial charge in [0.2, 0.25) is 0 Å². The molecule has 3 atom stereocenters. The molecule has 0 bridgehead atoms. The van der Waals surface area contributed by atoms with Gasteiger partial charge in [0.25, 0.3) is 0 Å². The summed E-state index contributed by atoms with van der Waals surface area (Å²) in [7, 11) is 3.25. The minimum atomic E-state index is -0.235. The number of nitrogens with one attached hydrogen (secondary N) is 1. The number of hydrogen-bond acceptors (Lipinski definition) is 3. The number of hydrogen-bond donors (Lipinski definition) is 1. The van der Waals surface area contributed by atoms with Crippen LogP contribution in [0.4, 0.5) is 9.18 Å². The zero-order valence-electron chi connectivity index (χ0n) is 16.2. The topological polar surface area (TPSA) is 50.8 Å². The van der Waals surface area contributed by atoms with E-state index in [2.05, 4.69) is 5.32 Å². The summed E-state index contributed by atoms with van der Waals surface area (Å²) in [6, 6.07) is 12.3. The number of ether oxygens (including phenoxy) is 2. The molecule has 1 saturated carbocycles. The fraction of sp³-hybridized carbons (Fsp3) is 0.409. The second kappa shape index (κ2) is 7.70.